The Bertz CT molecular complexity index is 931. The number of carbonyl (C=O) groups excluding carboxylic acids is 2. The zero-order valence-corrected chi connectivity index (χ0v) is 22.0. The van der Waals surface area contributed by atoms with Crippen molar-refractivity contribution in [1.29, 1.82) is 0 Å². The minimum atomic E-state index is -1.05. The summed E-state index contributed by atoms with van der Waals surface area (Å²) in [4.78, 5) is 36.8. The lowest BCUT2D eigenvalue weighted by molar-refractivity contribution is -0.141. The summed E-state index contributed by atoms with van der Waals surface area (Å²) < 4.78 is 0. The molecule has 2 aromatic rings. The Balaban J connectivity index is 1.92. The molecule has 0 heterocycles. The molecular formula is C27H35NO4S2. The smallest absolute Gasteiger partial charge is 0.327 e. The van der Waals surface area contributed by atoms with Gasteiger partial charge in [0.15, 0.2) is 0 Å². The van der Waals surface area contributed by atoms with Gasteiger partial charge >= 0.3 is 5.97 Å². The zero-order valence-electron chi connectivity index (χ0n) is 20.3. The van der Waals surface area contributed by atoms with E-state index >= 15 is 0 Å². The molecule has 0 aliphatic carbocycles. The van der Waals surface area contributed by atoms with Crippen LogP contribution >= 0.6 is 23.5 Å². The number of carbonyl (C=O) groups is 3. The SMILES string of the molecule is CCCC(SC[C@H](NC(=O)[C@H](C)CSC(=O)c1ccccc1)C(=O)O)c1ccc(C(C)C)cc1. The highest BCUT2D eigenvalue weighted by molar-refractivity contribution is 8.14. The molecule has 1 amide bonds. The van der Waals surface area contributed by atoms with Crippen molar-refractivity contribution in [2.45, 2.75) is 57.7 Å². The number of amides is 1. The van der Waals surface area contributed by atoms with Gasteiger partial charge in [0.05, 0.1) is 0 Å². The summed E-state index contributed by atoms with van der Waals surface area (Å²) in [6.45, 7) is 8.14. The number of hydrogen-bond acceptors (Lipinski definition) is 5. The number of nitrogens with one attached hydrogen (secondary N) is 1. The van der Waals surface area contributed by atoms with Crippen molar-refractivity contribution in [2.75, 3.05) is 11.5 Å². The maximum atomic E-state index is 12.6. The molecule has 0 saturated carbocycles. The number of carboxylic acid groups (broad SMARTS) is 1. The third kappa shape index (κ3) is 8.84. The number of benzene rings is 2. The van der Waals surface area contributed by atoms with Crippen LogP contribution in [0.25, 0.3) is 0 Å². The summed E-state index contributed by atoms with van der Waals surface area (Å²) >= 11 is 2.64. The fourth-order valence-corrected chi connectivity index (χ4v) is 5.60. The molecule has 184 valence electrons. The summed E-state index contributed by atoms with van der Waals surface area (Å²) in [5.41, 5.74) is 3.04. The summed E-state index contributed by atoms with van der Waals surface area (Å²) in [5, 5.41) is 12.4. The van der Waals surface area contributed by atoms with Gasteiger partial charge in [0.1, 0.15) is 6.04 Å². The fraction of sp³-hybridized carbons (Fsp3) is 0.444. The fourth-order valence-electron chi connectivity index (χ4n) is 3.34. The molecule has 7 heteroatoms. The molecule has 0 fully saturated rings. The molecule has 34 heavy (non-hydrogen) atoms. The Morgan fingerprint density at radius 2 is 1.53 bits per heavy atom. The maximum absolute atomic E-state index is 12.6. The van der Waals surface area contributed by atoms with E-state index in [1.165, 1.54) is 11.1 Å². The molecule has 0 aromatic heterocycles. The second-order valence-electron chi connectivity index (χ2n) is 8.70. The zero-order chi connectivity index (χ0) is 25.1. The van der Waals surface area contributed by atoms with Gasteiger partial charge < -0.3 is 10.4 Å². The molecule has 0 aliphatic heterocycles. The third-order valence-corrected chi connectivity index (χ3v) is 8.13. The topological polar surface area (TPSA) is 83.5 Å². The van der Waals surface area contributed by atoms with E-state index in [4.69, 9.17) is 0 Å². The van der Waals surface area contributed by atoms with Crippen molar-refractivity contribution in [3.05, 3.63) is 71.3 Å². The molecule has 0 bridgehead atoms. The van der Waals surface area contributed by atoms with Gasteiger partial charge in [-0.3, -0.25) is 9.59 Å². The summed E-state index contributed by atoms with van der Waals surface area (Å²) in [6, 6.07) is 16.4. The number of aliphatic carboxylic acids is 1. The lowest BCUT2D eigenvalue weighted by Gasteiger charge is -2.21. The summed E-state index contributed by atoms with van der Waals surface area (Å²) in [6.07, 6.45) is 1.91. The maximum Gasteiger partial charge on any atom is 0.327 e. The highest BCUT2D eigenvalue weighted by atomic mass is 32.2. The van der Waals surface area contributed by atoms with Crippen LogP contribution in [0, 0.1) is 5.92 Å². The van der Waals surface area contributed by atoms with Crippen LogP contribution in [0.1, 0.15) is 73.2 Å². The van der Waals surface area contributed by atoms with E-state index in [2.05, 4.69) is 50.4 Å². The minimum absolute atomic E-state index is 0.100. The van der Waals surface area contributed by atoms with Crippen LogP contribution in [0.3, 0.4) is 0 Å². The predicted molar refractivity (Wildman–Crippen MR) is 143 cm³/mol. The van der Waals surface area contributed by atoms with Crippen molar-refractivity contribution in [3.63, 3.8) is 0 Å². The van der Waals surface area contributed by atoms with Gasteiger partial charge in [-0.1, -0.05) is 100 Å². The first kappa shape index (κ1) is 28.0. The Hall–Kier alpha value is -2.25. The molecule has 2 N–H and O–H groups in total. The highest BCUT2D eigenvalue weighted by Gasteiger charge is 2.25. The molecule has 0 spiro atoms. The first-order valence-corrected chi connectivity index (χ1v) is 13.7. The molecule has 3 atom stereocenters. The standard InChI is InChI=1S/C27H35NO4S2/c1-5-9-24(21-14-12-20(13-15-21)18(2)3)33-17-23(26(30)31)28-25(29)19(4)16-34-27(32)22-10-7-6-8-11-22/h6-8,10-15,18-19,23-24H,5,9,16-17H2,1-4H3,(H,28,29)(H,30,31)/t19-,23+,24?/m1/s1. The van der Waals surface area contributed by atoms with Crippen LogP contribution < -0.4 is 5.32 Å². The average Bonchev–Trinajstić information content (AvgIpc) is 2.84. The van der Waals surface area contributed by atoms with Crippen LogP contribution in [-0.2, 0) is 9.59 Å². The minimum Gasteiger partial charge on any atom is -0.480 e. The van der Waals surface area contributed by atoms with Gasteiger partial charge in [-0.2, -0.15) is 11.8 Å². The molecular weight excluding hydrogens is 466 g/mol. The Morgan fingerprint density at radius 3 is 2.09 bits per heavy atom. The van der Waals surface area contributed by atoms with Gasteiger partial charge in [-0.05, 0) is 23.5 Å². The monoisotopic (exact) mass is 501 g/mol. The second kappa shape index (κ2) is 14.2. The Labute approximate surface area is 211 Å². The second-order valence-corrected chi connectivity index (χ2v) is 10.9. The van der Waals surface area contributed by atoms with Crippen molar-refractivity contribution in [2.24, 2.45) is 5.92 Å². The average molecular weight is 502 g/mol. The highest BCUT2D eigenvalue weighted by Crippen LogP contribution is 2.34. The number of rotatable bonds is 13. The molecule has 0 saturated heterocycles. The van der Waals surface area contributed by atoms with Crippen molar-refractivity contribution in [3.8, 4) is 0 Å². The van der Waals surface area contributed by atoms with E-state index in [0.717, 1.165) is 24.6 Å². The lowest BCUT2D eigenvalue weighted by Crippen LogP contribution is -2.45. The van der Waals surface area contributed by atoms with Gasteiger partial charge in [0.2, 0.25) is 11.0 Å². The molecule has 0 aliphatic rings. The summed E-state index contributed by atoms with van der Waals surface area (Å²) in [7, 11) is 0. The predicted octanol–water partition coefficient (Wildman–Crippen LogP) is 6.16. The van der Waals surface area contributed by atoms with Crippen LogP contribution in [0.15, 0.2) is 54.6 Å². The van der Waals surface area contributed by atoms with Gasteiger partial charge in [0.25, 0.3) is 0 Å². The van der Waals surface area contributed by atoms with Crippen LogP contribution in [0.5, 0.6) is 0 Å². The lowest BCUT2D eigenvalue weighted by atomic mass is 10.00. The molecule has 2 aromatic carbocycles. The molecule has 1 unspecified atom stereocenters. The number of hydrogen-bond donors (Lipinski definition) is 2. The van der Waals surface area contributed by atoms with Gasteiger partial charge in [-0.15, -0.1) is 0 Å². The van der Waals surface area contributed by atoms with Crippen LogP contribution in [0.4, 0.5) is 0 Å². The molecule has 0 radical (unpaired) electrons. The largest absolute Gasteiger partial charge is 0.480 e. The van der Waals surface area contributed by atoms with E-state index in [9.17, 15) is 19.5 Å². The van der Waals surface area contributed by atoms with E-state index in [0.29, 0.717) is 17.2 Å². The number of thioether (sulfide) groups is 2. The van der Waals surface area contributed by atoms with E-state index in [-0.39, 0.29) is 22.0 Å². The van der Waals surface area contributed by atoms with Crippen LogP contribution in [-0.4, -0.2) is 39.6 Å². The van der Waals surface area contributed by atoms with Crippen molar-refractivity contribution in [1.82, 2.24) is 5.32 Å². The van der Waals surface area contributed by atoms with Gasteiger partial charge in [-0.25, -0.2) is 4.79 Å². The molecule has 2 rings (SSSR count). The first-order chi connectivity index (χ1) is 16.2. The van der Waals surface area contributed by atoms with Crippen molar-refractivity contribution < 1.29 is 19.5 Å². The van der Waals surface area contributed by atoms with E-state index in [1.54, 1.807) is 43.0 Å². The van der Waals surface area contributed by atoms with Crippen molar-refractivity contribution >= 4 is 40.5 Å². The van der Waals surface area contributed by atoms with Gasteiger partial charge in [0, 0.05) is 28.2 Å². The molecule has 5 nitrogen and oxygen atoms in total. The number of carboxylic acids is 1. The third-order valence-electron chi connectivity index (χ3n) is 5.53. The van der Waals surface area contributed by atoms with Crippen LogP contribution in [0.2, 0.25) is 0 Å². The Morgan fingerprint density at radius 1 is 0.912 bits per heavy atom. The normalized spacial score (nSPS) is 13.8. The summed E-state index contributed by atoms with van der Waals surface area (Å²) in [5.74, 6) is -0.859. The quantitative estimate of drug-likeness (QED) is 0.342. The van der Waals surface area contributed by atoms with E-state index < -0.39 is 17.9 Å². The first-order valence-electron chi connectivity index (χ1n) is 11.7. The van der Waals surface area contributed by atoms with E-state index in [1.807, 2.05) is 6.07 Å². The Kier molecular flexibility index (Phi) is 11.7.